The quantitative estimate of drug-likeness (QED) is 0.0333. The fourth-order valence-corrected chi connectivity index (χ4v) is 6.32. The van der Waals surface area contributed by atoms with Gasteiger partial charge in [-0.3, -0.25) is 14.9 Å². The number of nitro benzene ring substituents is 1. The van der Waals surface area contributed by atoms with Crippen molar-refractivity contribution in [2.45, 2.75) is 129 Å². The molecular weight excluding hydrogens is 704 g/mol. The van der Waals surface area contributed by atoms with Gasteiger partial charge < -0.3 is 39.6 Å². The minimum absolute atomic E-state index is 0.128. The zero-order chi connectivity index (χ0) is 40.2. The Morgan fingerprint density at radius 3 is 1.78 bits per heavy atom. The summed E-state index contributed by atoms with van der Waals surface area (Å²) in [7, 11) is 2.42. The molecule has 2 atom stereocenters. The average molecular weight is 761 g/mol. The Labute approximate surface area is 316 Å². The molecule has 0 aliphatic carbocycles. The van der Waals surface area contributed by atoms with Crippen LogP contribution >= 0.6 is 0 Å². The van der Waals surface area contributed by atoms with E-state index >= 15 is 0 Å². The molecule has 3 rings (SSSR count). The van der Waals surface area contributed by atoms with Crippen molar-refractivity contribution in [2.75, 3.05) is 20.8 Å². The normalized spacial score (nSPS) is 16.3. The second-order valence-electron chi connectivity index (χ2n) is 13.2. The van der Waals surface area contributed by atoms with Gasteiger partial charge in [0.05, 0.1) is 36.2 Å². The monoisotopic (exact) mass is 760 g/mol. The first-order valence-corrected chi connectivity index (χ1v) is 18.6. The third kappa shape index (κ3) is 13.5. The van der Waals surface area contributed by atoms with Gasteiger partial charge in [0.2, 0.25) is 5.76 Å². The zero-order valence-corrected chi connectivity index (χ0v) is 32.0. The predicted molar refractivity (Wildman–Crippen MR) is 198 cm³/mol. The Balaban J connectivity index is 0.000000377. The fraction of sp³-hybridized carbons (Fsp3) is 0.590. The second-order valence-corrected chi connectivity index (χ2v) is 13.2. The number of allylic oxidation sites excluding steroid dienone is 2. The number of ether oxygens (including phenoxy) is 4. The summed E-state index contributed by atoms with van der Waals surface area (Å²) < 4.78 is 19.2. The van der Waals surface area contributed by atoms with Crippen molar-refractivity contribution < 1.29 is 58.4 Å². The summed E-state index contributed by atoms with van der Waals surface area (Å²) >= 11 is 0. The van der Waals surface area contributed by atoms with Crippen molar-refractivity contribution in [1.29, 1.82) is 0 Å². The van der Waals surface area contributed by atoms with E-state index in [-0.39, 0.29) is 28.8 Å². The number of methoxy groups -OCH3 is 2. The van der Waals surface area contributed by atoms with Gasteiger partial charge in [-0.15, -0.1) is 0 Å². The highest BCUT2D eigenvalue weighted by Crippen LogP contribution is 2.42. The Morgan fingerprint density at radius 1 is 0.852 bits per heavy atom. The van der Waals surface area contributed by atoms with Crippen LogP contribution in [0.15, 0.2) is 58.3 Å². The molecule has 0 bridgehead atoms. The molecule has 0 saturated carbocycles. The summed E-state index contributed by atoms with van der Waals surface area (Å²) in [6, 6.07) is 5.97. The summed E-state index contributed by atoms with van der Waals surface area (Å²) in [5.74, 6) is -5.54. The Hall–Kier alpha value is -4.92. The van der Waals surface area contributed by atoms with Crippen LogP contribution in [0.25, 0.3) is 0 Å². The molecule has 0 spiro atoms. The number of rotatable bonds is 21. The lowest BCUT2D eigenvalue weighted by Crippen LogP contribution is -2.33. The number of carbonyl (C=O) groups excluding carboxylic acids is 4. The largest absolute Gasteiger partial charge is 0.505 e. The van der Waals surface area contributed by atoms with Crippen LogP contribution in [0.2, 0.25) is 0 Å². The molecule has 2 aliphatic rings. The van der Waals surface area contributed by atoms with Crippen molar-refractivity contribution in [1.82, 2.24) is 5.32 Å². The number of carbonyl (C=O) groups is 4. The first-order chi connectivity index (χ1) is 25.8. The standard InChI is InChI=1S/C22H38O7.C17H18N2O6/c1-2-3-4-5-6-7-8-9-10-11-12-13-14-15-18(24)28-16-17(23)21-19(25)20(26)22(27)29-21;1-9-13(16(20)24-3)15(14(10(2)18-9)17(21)25-4)11-7-5-6-8-12(11)19(22)23/h17,21,23,25-26H,2-16H2,1H3;5-8,15,18H,1-4H3/t17-,21+;/m0./s1. The maximum absolute atomic E-state index is 12.3. The number of dihydropyridines is 1. The minimum Gasteiger partial charge on any atom is -0.505 e. The summed E-state index contributed by atoms with van der Waals surface area (Å²) in [5.41, 5.74) is 1.19. The lowest BCUT2D eigenvalue weighted by Gasteiger charge is -2.29. The number of para-hydroxylation sites is 1. The van der Waals surface area contributed by atoms with Crippen LogP contribution < -0.4 is 5.32 Å². The van der Waals surface area contributed by atoms with Crippen LogP contribution in [0.1, 0.15) is 122 Å². The van der Waals surface area contributed by atoms with E-state index in [1.165, 1.54) is 96.6 Å². The topological polar surface area (TPSA) is 221 Å². The molecule has 0 fully saturated rings. The summed E-state index contributed by atoms with van der Waals surface area (Å²) in [6.07, 6.45) is 13.4. The van der Waals surface area contributed by atoms with E-state index in [2.05, 4.69) is 17.0 Å². The van der Waals surface area contributed by atoms with E-state index in [0.29, 0.717) is 11.4 Å². The molecule has 15 heteroatoms. The second kappa shape index (κ2) is 23.7. The first-order valence-electron chi connectivity index (χ1n) is 18.6. The minimum atomic E-state index is -1.42. The van der Waals surface area contributed by atoms with Crippen LogP contribution in [0.4, 0.5) is 5.69 Å². The number of nitro groups is 1. The number of aliphatic hydroxyl groups excluding tert-OH is 3. The lowest BCUT2D eigenvalue weighted by atomic mass is 9.79. The van der Waals surface area contributed by atoms with Crippen molar-refractivity contribution in [3.05, 3.63) is 74.0 Å². The molecule has 0 saturated heterocycles. The molecule has 1 aromatic rings. The van der Waals surface area contributed by atoms with Crippen molar-refractivity contribution in [3.63, 3.8) is 0 Å². The summed E-state index contributed by atoms with van der Waals surface area (Å²) in [4.78, 5) is 58.4. The molecule has 1 aromatic carbocycles. The molecule has 0 unspecified atom stereocenters. The van der Waals surface area contributed by atoms with Crippen LogP contribution in [0, 0.1) is 10.1 Å². The Morgan fingerprint density at radius 2 is 1.33 bits per heavy atom. The number of nitrogens with zero attached hydrogens (tertiary/aromatic N) is 1. The van der Waals surface area contributed by atoms with Crippen molar-refractivity contribution in [2.24, 2.45) is 0 Å². The Bertz CT molecular complexity index is 1510. The van der Waals surface area contributed by atoms with Gasteiger partial charge in [-0.2, -0.15) is 0 Å². The maximum Gasteiger partial charge on any atom is 0.377 e. The highest BCUT2D eigenvalue weighted by atomic mass is 16.6. The number of cyclic esters (lactones) is 1. The number of unbranched alkanes of at least 4 members (excludes halogenated alkanes) is 12. The van der Waals surface area contributed by atoms with Gasteiger partial charge in [-0.05, 0) is 20.3 Å². The first kappa shape index (κ1) is 45.2. The number of nitrogens with one attached hydrogen (secondary N) is 1. The molecule has 4 N–H and O–H groups in total. The zero-order valence-electron chi connectivity index (χ0n) is 32.0. The van der Waals surface area contributed by atoms with Crippen molar-refractivity contribution >= 4 is 29.6 Å². The van der Waals surface area contributed by atoms with Gasteiger partial charge >= 0.3 is 23.9 Å². The number of aliphatic hydroxyl groups is 3. The van der Waals surface area contributed by atoms with Gasteiger partial charge in [0, 0.05) is 29.4 Å². The van der Waals surface area contributed by atoms with Crippen LogP contribution in [0.3, 0.4) is 0 Å². The molecule has 2 heterocycles. The Kier molecular flexibility index (Phi) is 19.8. The average Bonchev–Trinajstić information content (AvgIpc) is 3.42. The number of hydrogen-bond donors (Lipinski definition) is 4. The van der Waals surface area contributed by atoms with E-state index < -0.39 is 65.1 Å². The van der Waals surface area contributed by atoms with E-state index in [1.54, 1.807) is 19.9 Å². The highest BCUT2D eigenvalue weighted by molar-refractivity contribution is 6.00. The van der Waals surface area contributed by atoms with Crippen LogP contribution in [-0.4, -0.2) is 77.2 Å². The van der Waals surface area contributed by atoms with Gasteiger partial charge in [-0.1, -0.05) is 102 Å². The molecular formula is C39H56N2O13. The number of esters is 4. The van der Waals surface area contributed by atoms with Gasteiger partial charge in [0.15, 0.2) is 11.9 Å². The molecule has 2 aliphatic heterocycles. The highest BCUT2D eigenvalue weighted by Gasteiger charge is 2.41. The van der Waals surface area contributed by atoms with Gasteiger partial charge in [0.1, 0.15) is 12.7 Å². The van der Waals surface area contributed by atoms with Gasteiger partial charge in [0.25, 0.3) is 5.69 Å². The van der Waals surface area contributed by atoms with Gasteiger partial charge in [-0.25, -0.2) is 14.4 Å². The van der Waals surface area contributed by atoms with Crippen molar-refractivity contribution in [3.8, 4) is 0 Å². The van der Waals surface area contributed by atoms with E-state index in [0.717, 1.165) is 19.3 Å². The van der Waals surface area contributed by atoms with Crippen LogP contribution in [0.5, 0.6) is 0 Å². The maximum atomic E-state index is 12.3. The van der Waals surface area contributed by atoms with E-state index in [4.69, 9.17) is 14.2 Å². The van der Waals surface area contributed by atoms with E-state index in [9.17, 15) is 44.6 Å². The smallest absolute Gasteiger partial charge is 0.377 e. The third-order valence-electron chi connectivity index (χ3n) is 9.20. The van der Waals surface area contributed by atoms with Crippen LogP contribution in [-0.2, 0) is 38.1 Å². The fourth-order valence-electron chi connectivity index (χ4n) is 6.32. The molecule has 54 heavy (non-hydrogen) atoms. The predicted octanol–water partition coefficient (Wildman–Crippen LogP) is 6.80. The molecule has 300 valence electrons. The SMILES string of the molecule is CCCCCCCCCCCCCCCC(=O)OC[C@H](O)[C@H]1OC(=O)C(O)=C1O.COC(=O)C1=C(C)NC(C)=C(C(=O)OC)C1c1ccccc1[N+](=O)[O-]. The molecule has 0 radical (unpaired) electrons. The van der Waals surface area contributed by atoms with E-state index in [1.807, 2.05) is 0 Å². The molecule has 0 aromatic heterocycles. The summed E-state index contributed by atoms with van der Waals surface area (Å²) in [6.45, 7) is 5.12. The third-order valence-corrected chi connectivity index (χ3v) is 9.20. The number of benzene rings is 1. The molecule has 15 nitrogen and oxygen atoms in total. The number of hydrogen-bond acceptors (Lipinski definition) is 14. The molecule has 0 amide bonds. The summed E-state index contributed by atoms with van der Waals surface area (Å²) in [5, 5.41) is 42.9. The lowest BCUT2D eigenvalue weighted by molar-refractivity contribution is -0.385.